The average Bonchev–Trinajstić information content (AvgIpc) is 3.16. The van der Waals surface area contributed by atoms with Crippen molar-refractivity contribution in [1.82, 2.24) is 19.9 Å². The summed E-state index contributed by atoms with van der Waals surface area (Å²) in [6.07, 6.45) is 0. The SMILES string of the molecule is Cc1cccc(OCC(=O)NCc2cc(=O)n3nc(-c4cccc(C)c4)sc3n2)c1. The van der Waals surface area contributed by atoms with Crippen molar-refractivity contribution in [1.29, 1.82) is 0 Å². The molecule has 0 aliphatic carbocycles. The zero-order chi connectivity index (χ0) is 21.1. The summed E-state index contributed by atoms with van der Waals surface area (Å²) < 4.78 is 6.77. The molecule has 0 unspecified atom stereocenters. The number of amides is 1. The maximum Gasteiger partial charge on any atom is 0.275 e. The molecule has 4 aromatic rings. The van der Waals surface area contributed by atoms with Gasteiger partial charge < -0.3 is 10.1 Å². The Labute approximate surface area is 177 Å². The van der Waals surface area contributed by atoms with E-state index >= 15 is 0 Å². The van der Waals surface area contributed by atoms with E-state index in [9.17, 15) is 9.59 Å². The number of carbonyl (C=O) groups is 1. The number of hydrogen-bond acceptors (Lipinski definition) is 6. The van der Waals surface area contributed by atoms with Gasteiger partial charge in [0.2, 0.25) is 4.96 Å². The molecule has 2 aromatic carbocycles. The Hall–Kier alpha value is -3.52. The number of benzene rings is 2. The summed E-state index contributed by atoms with van der Waals surface area (Å²) in [7, 11) is 0. The maximum absolute atomic E-state index is 12.4. The van der Waals surface area contributed by atoms with Gasteiger partial charge in [0.25, 0.3) is 11.5 Å². The minimum atomic E-state index is -0.289. The van der Waals surface area contributed by atoms with Crippen molar-refractivity contribution in [3.05, 3.63) is 81.8 Å². The van der Waals surface area contributed by atoms with Gasteiger partial charge in [-0.1, -0.05) is 47.2 Å². The number of nitrogens with zero attached hydrogens (tertiary/aromatic N) is 3. The highest BCUT2D eigenvalue weighted by Crippen LogP contribution is 2.24. The van der Waals surface area contributed by atoms with Crippen molar-refractivity contribution in [2.75, 3.05) is 6.61 Å². The minimum Gasteiger partial charge on any atom is -0.484 e. The van der Waals surface area contributed by atoms with Gasteiger partial charge in [0.1, 0.15) is 10.8 Å². The van der Waals surface area contributed by atoms with Gasteiger partial charge >= 0.3 is 0 Å². The average molecular weight is 420 g/mol. The highest BCUT2D eigenvalue weighted by molar-refractivity contribution is 7.19. The molecule has 0 spiro atoms. The Bertz CT molecular complexity index is 1280. The van der Waals surface area contributed by atoms with Crippen LogP contribution in [-0.2, 0) is 11.3 Å². The van der Waals surface area contributed by atoms with E-state index in [1.165, 1.54) is 21.9 Å². The second-order valence-electron chi connectivity index (χ2n) is 6.94. The molecular weight excluding hydrogens is 400 g/mol. The van der Waals surface area contributed by atoms with Crippen LogP contribution in [0.4, 0.5) is 0 Å². The molecule has 30 heavy (non-hydrogen) atoms. The zero-order valence-corrected chi connectivity index (χ0v) is 17.4. The molecule has 2 heterocycles. The lowest BCUT2D eigenvalue weighted by molar-refractivity contribution is -0.123. The lowest BCUT2D eigenvalue weighted by Gasteiger charge is -2.07. The molecule has 0 radical (unpaired) electrons. The van der Waals surface area contributed by atoms with Crippen LogP contribution in [0.25, 0.3) is 15.5 Å². The number of fused-ring (bicyclic) bond motifs is 1. The molecule has 7 nitrogen and oxygen atoms in total. The minimum absolute atomic E-state index is 0.108. The molecular formula is C22H20N4O3S. The third-order valence-electron chi connectivity index (χ3n) is 4.39. The predicted octanol–water partition coefficient (Wildman–Crippen LogP) is 3.13. The Morgan fingerprint density at radius 2 is 1.87 bits per heavy atom. The summed E-state index contributed by atoms with van der Waals surface area (Å²) in [5, 5.41) is 7.83. The first-order valence-corrected chi connectivity index (χ1v) is 10.2. The van der Waals surface area contributed by atoms with Crippen molar-refractivity contribution in [2.45, 2.75) is 20.4 Å². The van der Waals surface area contributed by atoms with Gasteiger partial charge in [-0.15, -0.1) is 0 Å². The van der Waals surface area contributed by atoms with Gasteiger partial charge in [-0.2, -0.15) is 9.61 Å². The fraction of sp³-hybridized carbons (Fsp3) is 0.182. The van der Waals surface area contributed by atoms with E-state index in [0.29, 0.717) is 16.4 Å². The summed E-state index contributed by atoms with van der Waals surface area (Å²) in [5.41, 5.74) is 3.30. The molecule has 2 aromatic heterocycles. The number of ether oxygens (including phenoxy) is 1. The lowest BCUT2D eigenvalue weighted by Crippen LogP contribution is -2.29. The van der Waals surface area contributed by atoms with Crippen LogP contribution >= 0.6 is 11.3 Å². The van der Waals surface area contributed by atoms with Crippen LogP contribution in [0.1, 0.15) is 16.8 Å². The predicted molar refractivity (Wildman–Crippen MR) is 116 cm³/mol. The number of aromatic nitrogens is 3. The number of hydrogen-bond donors (Lipinski definition) is 1. The molecule has 4 rings (SSSR count). The second-order valence-corrected chi connectivity index (χ2v) is 7.89. The Balaban J connectivity index is 1.44. The summed E-state index contributed by atoms with van der Waals surface area (Å²) in [6, 6.07) is 16.8. The standard InChI is InChI=1S/C22H20N4O3S/c1-14-5-3-7-16(9-14)21-25-26-20(28)11-17(24-22(26)30-21)12-23-19(27)13-29-18-8-4-6-15(2)10-18/h3-11H,12-13H2,1-2H3,(H,23,27). The highest BCUT2D eigenvalue weighted by Gasteiger charge is 2.12. The van der Waals surface area contributed by atoms with Crippen molar-refractivity contribution in [2.24, 2.45) is 0 Å². The Kier molecular flexibility index (Phi) is 5.58. The van der Waals surface area contributed by atoms with Gasteiger partial charge in [-0.25, -0.2) is 4.98 Å². The molecule has 0 fully saturated rings. The number of aryl methyl sites for hydroxylation is 2. The number of carbonyl (C=O) groups excluding carboxylic acids is 1. The maximum atomic E-state index is 12.4. The molecule has 0 bridgehead atoms. The molecule has 152 valence electrons. The van der Waals surface area contributed by atoms with Crippen LogP contribution in [0.15, 0.2) is 59.4 Å². The third-order valence-corrected chi connectivity index (χ3v) is 5.35. The van der Waals surface area contributed by atoms with Gasteiger partial charge in [-0.05, 0) is 37.6 Å². The van der Waals surface area contributed by atoms with Crippen LogP contribution in [0.2, 0.25) is 0 Å². The Morgan fingerprint density at radius 1 is 1.10 bits per heavy atom. The van der Waals surface area contributed by atoms with Gasteiger partial charge in [0.15, 0.2) is 6.61 Å². The van der Waals surface area contributed by atoms with Gasteiger partial charge in [0.05, 0.1) is 12.2 Å². The fourth-order valence-corrected chi connectivity index (χ4v) is 3.86. The molecule has 0 saturated heterocycles. The van der Waals surface area contributed by atoms with Crippen molar-refractivity contribution in [3.8, 4) is 16.3 Å². The zero-order valence-electron chi connectivity index (χ0n) is 16.6. The van der Waals surface area contributed by atoms with Crippen LogP contribution in [0.3, 0.4) is 0 Å². The van der Waals surface area contributed by atoms with Gasteiger partial charge in [0, 0.05) is 11.6 Å². The van der Waals surface area contributed by atoms with E-state index in [1.807, 2.05) is 56.3 Å². The number of rotatable bonds is 6. The molecule has 0 saturated carbocycles. The third kappa shape index (κ3) is 4.55. The van der Waals surface area contributed by atoms with Crippen LogP contribution in [0, 0.1) is 13.8 Å². The fourth-order valence-electron chi connectivity index (χ4n) is 2.94. The second kappa shape index (κ2) is 8.46. The monoisotopic (exact) mass is 420 g/mol. The summed E-state index contributed by atoms with van der Waals surface area (Å²) in [5.74, 6) is 0.347. The van der Waals surface area contributed by atoms with Crippen LogP contribution in [-0.4, -0.2) is 27.1 Å². The summed E-state index contributed by atoms with van der Waals surface area (Å²) >= 11 is 1.33. The molecule has 0 atom stereocenters. The van der Waals surface area contributed by atoms with Gasteiger partial charge in [-0.3, -0.25) is 9.59 Å². The molecule has 1 N–H and O–H groups in total. The first-order chi connectivity index (χ1) is 14.5. The normalized spacial score (nSPS) is 10.9. The van der Waals surface area contributed by atoms with E-state index in [0.717, 1.165) is 21.7 Å². The topological polar surface area (TPSA) is 85.6 Å². The van der Waals surface area contributed by atoms with Crippen molar-refractivity contribution < 1.29 is 9.53 Å². The van der Waals surface area contributed by atoms with E-state index < -0.39 is 0 Å². The number of nitrogens with one attached hydrogen (secondary N) is 1. The lowest BCUT2D eigenvalue weighted by atomic mass is 10.1. The molecule has 0 aliphatic heterocycles. The van der Waals surface area contributed by atoms with Crippen molar-refractivity contribution >= 4 is 22.2 Å². The van der Waals surface area contributed by atoms with E-state index in [1.54, 1.807) is 6.07 Å². The smallest absolute Gasteiger partial charge is 0.275 e. The molecule has 1 amide bonds. The Morgan fingerprint density at radius 3 is 2.63 bits per heavy atom. The van der Waals surface area contributed by atoms with Crippen molar-refractivity contribution in [3.63, 3.8) is 0 Å². The van der Waals surface area contributed by atoms with E-state index in [-0.39, 0.29) is 24.6 Å². The quantitative estimate of drug-likeness (QED) is 0.518. The summed E-state index contributed by atoms with van der Waals surface area (Å²) in [4.78, 5) is 29.5. The first kappa shape index (κ1) is 19.8. The first-order valence-electron chi connectivity index (χ1n) is 9.41. The molecule has 8 heteroatoms. The largest absolute Gasteiger partial charge is 0.484 e. The van der Waals surface area contributed by atoms with Crippen LogP contribution in [0.5, 0.6) is 5.75 Å². The summed E-state index contributed by atoms with van der Waals surface area (Å²) in [6.45, 7) is 3.99. The molecule has 0 aliphatic rings. The highest BCUT2D eigenvalue weighted by atomic mass is 32.1. The van der Waals surface area contributed by atoms with E-state index in [2.05, 4.69) is 15.4 Å². The van der Waals surface area contributed by atoms with E-state index in [4.69, 9.17) is 4.74 Å². The van der Waals surface area contributed by atoms with Crippen LogP contribution < -0.4 is 15.6 Å².